The highest BCUT2D eigenvalue weighted by atomic mass is 32.1. The molecule has 3 heteroatoms. The van der Waals surface area contributed by atoms with E-state index < -0.39 is 0 Å². The SMILES string of the molecule is CCc1ccc(C(C)N[C@H](C)c2ccccc2OC)s1. The van der Waals surface area contributed by atoms with Crippen LogP contribution in [0.1, 0.15) is 48.2 Å². The fraction of sp³-hybridized carbons (Fsp3) is 0.412. The second-order valence-corrected chi connectivity index (χ2v) is 6.21. The van der Waals surface area contributed by atoms with Crippen molar-refractivity contribution in [1.82, 2.24) is 5.32 Å². The van der Waals surface area contributed by atoms with Gasteiger partial charge in [0.25, 0.3) is 0 Å². The van der Waals surface area contributed by atoms with Gasteiger partial charge >= 0.3 is 0 Å². The van der Waals surface area contributed by atoms with E-state index in [4.69, 9.17) is 4.74 Å². The van der Waals surface area contributed by atoms with Crippen molar-refractivity contribution < 1.29 is 4.74 Å². The summed E-state index contributed by atoms with van der Waals surface area (Å²) < 4.78 is 5.44. The van der Waals surface area contributed by atoms with Crippen molar-refractivity contribution in [3.8, 4) is 5.75 Å². The Hall–Kier alpha value is -1.32. The first-order valence-electron chi connectivity index (χ1n) is 7.13. The molecule has 0 bridgehead atoms. The van der Waals surface area contributed by atoms with Gasteiger partial charge in [0.05, 0.1) is 7.11 Å². The highest BCUT2D eigenvalue weighted by Gasteiger charge is 2.15. The van der Waals surface area contributed by atoms with Crippen LogP contribution in [0.5, 0.6) is 5.75 Å². The van der Waals surface area contributed by atoms with Crippen molar-refractivity contribution in [3.05, 3.63) is 51.7 Å². The minimum absolute atomic E-state index is 0.258. The number of benzene rings is 1. The number of aryl methyl sites for hydroxylation is 1. The lowest BCUT2D eigenvalue weighted by molar-refractivity contribution is 0.397. The summed E-state index contributed by atoms with van der Waals surface area (Å²) in [4.78, 5) is 2.84. The molecular weight excluding hydrogens is 266 g/mol. The lowest BCUT2D eigenvalue weighted by Crippen LogP contribution is -2.22. The monoisotopic (exact) mass is 289 g/mol. The summed E-state index contributed by atoms with van der Waals surface area (Å²) in [5, 5.41) is 3.65. The smallest absolute Gasteiger partial charge is 0.123 e. The zero-order valence-corrected chi connectivity index (χ0v) is 13.5. The van der Waals surface area contributed by atoms with Gasteiger partial charge in [-0.3, -0.25) is 0 Å². The number of ether oxygens (including phenoxy) is 1. The summed E-state index contributed by atoms with van der Waals surface area (Å²) in [5.74, 6) is 0.945. The summed E-state index contributed by atoms with van der Waals surface area (Å²) in [6, 6.07) is 13.3. The molecule has 2 atom stereocenters. The van der Waals surface area contributed by atoms with Gasteiger partial charge in [-0.15, -0.1) is 11.3 Å². The van der Waals surface area contributed by atoms with Gasteiger partial charge in [-0.25, -0.2) is 0 Å². The fourth-order valence-electron chi connectivity index (χ4n) is 2.39. The first-order chi connectivity index (χ1) is 9.65. The summed E-state index contributed by atoms with van der Waals surface area (Å²) in [5.41, 5.74) is 1.20. The van der Waals surface area contributed by atoms with Crippen LogP contribution in [-0.2, 0) is 6.42 Å². The van der Waals surface area contributed by atoms with Crippen molar-refractivity contribution in [2.45, 2.75) is 39.3 Å². The average molecular weight is 289 g/mol. The molecule has 1 aromatic carbocycles. The second-order valence-electron chi connectivity index (χ2n) is 5.01. The van der Waals surface area contributed by atoms with Crippen LogP contribution >= 0.6 is 11.3 Å². The van der Waals surface area contributed by atoms with Gasteiger partial charge < -0.3 is 10.1 Å². The molecule has 0 aliphatic rings. The van der Waals surface area contributed by atoms with Gasteiger partial charge in [0.15, 0.2) is 0 Å². The fourth-order valence-corrected chi connectivity index (χ4v) is 3.35. The zero-order chi connectivity index (χ0) is 14.5. The van der Waals surface area contributed by atoms with Crippen LogP contribution in [0.25, 0.3) is 0 Å². The van der Waals surface area contributed by atoms with E-state index in [0.29, 0.717) is 6.04 Å². The van der Waals surface area contributed by atoms with Crippen LogP contribution in [0.2, 0.25) is 0 Å². The Morgan fingerprint density at radius 2 is 1.85 bits per heavy atom. The van der Waals surface area contributed by atoms with Crippen molar-refractivity contribution in [2.24, 2.45) is 0 Å². The highest BCUT2D eigenvalue weighted by molar-refractivity contribution is 7.12. The quantitative estimate of drug-likeness (QED) is 0.830. The van der Waals surface area contributed by atoms with Crippen LogP contribution in [0.15, 0.2) is 36.4 Å². The molecule has 0 fully saturated rings. The minimum atomic E-state index is 0.258. The van der Waals surface area contributed by atoms with Crippen LogP contribution in [0.4, 0.5) is 0 Å². The lowest BCUT2D eigenvalue weighted by Gasteiger charge is -2.21. The average Bonchev–Trinajstić information content (AvgIpc) is 2.96. The molecule has 108 valence electrons. The van der Waals surface area contributed by atoms with Crippen molar-refractivity contribution >= 4 is 11.3 Å². The Morgan fingerprint density at radius 1 is 1.10 bits per heavy atom. The van der Waals surface area contributed by atoms with Crippen LogP contribution in [0.3, 0.4) is 0 Å². The number of nitrogens with one attached hydrogen (secondary N) is 1. The van der Waals surface area contributed by atoms with E-state index >= 15 is 0 Å². The molecule has 1 N–H and O–H groups in total. The summed E-state index contributed by atoms with van der Waals surface area (Å²) >= 11 is 1.89. The predicted molar refractivity (Wildman–Crippen MR) is 86.7 cm³/mol. The molecule has 0 radical (unpaired) electrons. The number of rotatable bonds is 6. The molecule has 2 rings (SSSR count). The van der Waals surface area contributed by atoms with Crippen LogP contribution in [-0.4, -0.2) is 7.11 Å². The van der Waals surface area contributed by atoms with Crippen molar-refractivity contribution in [1.29, 1.82) is 0 Å². The van der Waals surface area contributed by atoms with Gasteiger partial charge in [-0.2, -0.15) is 0 Å². The number of hydrogen-bond donors (Lipinski definition) is 1. The molecule has 2 nitrogen and oxygen atoms in total. The van der Waals surface area contributed by atoms with Gasteiger partial charge in [0.2, 0.25) is 0 Å². The third-order valence-corrected chi connectivity index (χ3v) is 4.98. The maximum Gasteiger partial charge on any atom is 0.123 e. The predicted octanol–water partition coefficient (Wildman–Crippen LogP) is 4.73. The number of thiophene rings is 1. The van der Waals surface area contributed by atoms with Crippen molar-refractivity contribution in [3.63, 3.8) is 0 Å². The molecule has 20 heavy (non-hydrogen) atoms. The Labute approximate surface area is 125 Å². The third-order valence-electron chi connectivity index (χ3n) is 3.56. The number of hydrogen-bond acceptors (Lipinski definition) is 3. The topological polar surface area (TPSA) is 21.3 Å². The molecule has 0 spiro atoms. The molecule has 0 aliphatic heterocycles. The van der Waals surface area contributed by atoms with E-state index in [1.807, 2.05) is 23.5 Å². The number of para-hydroxylation sites is 1. The van der Waals surface area contributed by atoms with E-state index in [9.17, 15) is 0 Å². The molecule has 0 saturated carbocycles. The second kappa shape index (κ2) is 6.91. The van der Waals surface area contributed by atoms with E-state index in [1.54, 1.807) is 7.11 Å². The molecule has 0 saturated heterocycles. The summed E-state index contributed by atoms with van der Waals surface area (Å²) in [6.45, 7) is 6.60. The van der Waals surface area contributed by atoms with Gasteiger partial charge in [-0.1, -0.05) is 25.1 Å². The molecule has 2 aromatic rings. The Morgan fingerprint density at radius 3 is 2.50 bits per heavy atom. The lowest BCUT2D eigenvalue weighted by atomic mass is 10.1. The maximum absolute atomic E-state index is 5.44. The first-order valence-corrected chi connectivity index (χ1v) is 7.95. The van der Waals surface area contributed by atoms with Gasteiger partial charge in [0, 0.05) is 27.4 Å². The third kappa shape index (κ3) is 3.41. The van der Waals surface area contributed by atoms with Crippen LogP contribution < -0.4 is 10.1 Å². The molecule has 1 heterocycles. The van der Waals surface area contributed by atoms with E-state index in [0.717, 1.165) is 12.2 Å². The first kappa shape index (κ1) is 15.1. The standard InChI is InChI=1S/C17H23NOS/c1-5-14-10-11-17(20-14)13(3)18-12(2)15-8-6-7-9-16(15)19-4/h6-13,18H,5H2,1-4H3/t12-,13?/m1/s1. The van der Waals surface area contributed by atoms with E-state index in [-0.39, 0.29) is 6.04 Å². The van der Waals surface area contributed by atoms with Gasteiger partial charge in [-0.05, 0) is 38.5 Å². The van der Waals surface area contributed by atoms with Crippen LogP contribution in [0, 0.1) is 0 Å². The number of methoxy groups -OCH3 is 1. The minimum Gasteiger partial charge on any atom is -0.496 e. The normalized spacial score (nSPS) is 14.0. The highest BCUT2D eigenvalue weighted by Crippen LogP contribution is 2.29. The molecule has 1 unspecified atom stereocenters. The summed E-state index contributed by atoms with van der Waals surface area (Å²) in [7, 11) is 1.72. The molecule has 0 aliphatic carbocycles. The Balaban J connectivity index is 2.08. The Bertz CT molecular complexity index is 549. The van der Waals surface area contributed by atoms with Gasteiger partial charge in [0.1, 0.15) is 5.75 Å². The molecule has 0 amide bonds. The molecular formula is C17H23NOS. The largest absolute Gasteiger partial charge is 0.496 e. The molecule has 1 aromatic heterocycles. The Kier molecular flexibility index (Phi) is 5.21. The maximum atomic E-state index is 5.44. The van der Waals surface area contributed by atoms with E-state index in [1.165, 1.54) is 15.3 Å². The summed E-state index contributed by atoms with van der Waals surface area (Å²) in [6.07, 6.45) is 1.11. The van der Waals surface area contributed by atoms with E-state index in [2.05, 4.69) is 50.4 Å². The van der Waals surface area contributed by atoms with Crippen molar-refractivity contribution in [2.75, 3.05) is 7.11 Å². The zero-order valence-electron chi connectivity index (χ0n) is 12.6.